The standard InChI is InChI=1S/C22H22ClNO2/c1-14(2)26-22-19(23)12-16(13-21(22)25-4)6-8-18-9-7-17-11-15(3)5-10-20(17)24-18/h5-14H,1-4H3/b8-6+. The fourth-order valence-corrected chi connectivity index (χ4v) is 2.98. The zero-order valence-corrected chi connectivity index (χ0v) is 16.2. The van der Waals surface area contributed by atoms with Crippen molar-refractivity contribution < 1.29 is 9.47 Å². The van der Waals surface area contributed by atoms with Crippen molar-refractivity contribution in [2.24, 2.45) is 0 Å². The van der Waals surface area contributed by atoms with E-state index in [2.05, 4.69) is 30.1 Å². The molecule has 0 amide bonds. The minimum Gasteiger partial charge on any atom is -0.493 e. The molecule has 0 atom stereocenters. The van der Waals surface area contributed by atoms with Crippen LogP contribution in [0.25, 0.3) is 23.1 Å². The number of aryl methyl sites for hydroxylation is 1. The van der Waals surface area contributed by atoms with Crippen LogP contribution in [-0.2, 0) is 0 Å². The predicted octanol–water partition coefficient (Wildman–Crippen LogP) is 6.16. The SMILES string of the molecule is COc1cc(/C=C/c2ccc3cc(C)ccc3n2)cc(Cl)c1OC(C)C. The molecule has 1 aromatic heterocycles. The number of aromatic nitrogens is 1. The molecule has 0 bridgehead atoms. The van der Waals surface area contributed by atoms with Gasteiger partial charge >= 0.3 is 0 Å². The van der Waals surface area contributed by atoms with Gasteiger partial charge in [0.1, 0.15) is 0 Å². The Kier molecular flexibility index (Phi) is 5.48. The van der Waals surface area contributed by atoms with Crippen LogP contribution in [0.15, 0.2) is 42.5 Å². The van der Waals surface area contributed by atoms with Crippen LogP contribution in [0.3, 0.4) is 0 Å². The van der Waals surface area contributed by atoms with E-state index in [1.807, 2.05) is 50.3 Å². The van der Waals surface area contributed by atoms with Crippen molar-refractivity contribution in [1.82, 2.24) is 4.98 Å². The number of pyridine rings is 1. The van der Waals surface area contributed by atoms with Crippen molar-refractivity contribution in [2.45, 2.75) is 26.9 Å². The van der Waals surface area contributed by atoms with Gasteiger partial charge in [0.2, 0.25) is 0 Å². The van der Waals surface area contributed by atoms with E-state index in [4.69, 9.17) is 21.1 Å². The Bertz CT molecular complexity index is 964. The Hall–Kier alpha value is -2.52. The van der Waals surface area contributed by atoms with Gasteiger partial charge in [-0.2, -0.15) is 0 Å². The van der Waals surface area contributed by atoms with E-state index < -0.39 is 0 Å². The molecule has 3 rings (SSSR count). The van der Waals surface area contributed by atoms with Gasteiger partial charge in [0.25, 0.3) is 0 Å². The summed E-state index contributed by atoms with van der Waals surface area (Å²) in [7, 11) is 1.61. The first kappa shape index (κ1) is 18.3. The Labute approximate surface area is 159 Å². The first-order chi connectivity index (χ1) is 12.5. The van der Waals surface area contributed by atoms with Crippen molar-refractivity contribution in [3.05, 3.63) is 64.3 Å². The second-order valence-corrected chi connectivity index (χ2v) is 6.87. The quantitative estimate of drug-likeness (QED) is 0.541. The normalized spacial score (nSPS) is 11.5. The molecule has 3 nitrogen and oxygen atoms in total. The molecule has 0 aliphatic heterocycles. The van der Waals surface area contributed by atoms with Gasteiger partial charge < -0.3 is 9.47 Å². The summed E-state index contributed by atoms with van der Waals surface area (Å²) >= 11 is 6.38. The van der Waals surface area contributed by atoms with Crippen LogP contribution in [0.1, 0.15) is 30.7 Å². The number of fused-ring (bicyclic) bond motifs is 1. The smallest absolute Gasteiger partial charge is 0.180 e. The van der Waals surface area contributed by atoms with E-state index in [-0.39, 0.29) is 6.10 Å². The van der Waals surface area contributed by atoms with Gasteiger partial charge in [-0.05, 0) is 62.7 Å². The molecule has 4 heteroatoms. The van der Waals surface area contributed by atoms with Gasteiger partial charge in [-0.1, -0.05) is 35.4 Å². The van der Waals surface area contributed by atoms with E-state index in [1.54, 1.807) is 7.11 Å². The lowest BCUT2D eigenvalue weighted by Gasteiger charge is -2.15. The van der Waals surface area contributed by atoms with Gasteiger partial charge in [0, 0.05) is 5.39 Å². The van der Waals surface area contributed by atoms with Crippen LogP contribution in [0.5, 0.6) is 11.5 Å². The summed E-state index contributed by atoms with van der Waals surface area (Å²) in [6.45, 7) is 5.99. The number of hydrogen-bond donors (Lipinski definition) is 0. The zero-order chi connectivity index (χ0) is 18.7. The monoisotopic (exact) mass is 367 g/mol. The van der Waals surface area contributed by atoms with Crippen LogP contribution in [0.2, 0.25) is 5.02 Å². The van der Waals surface area contributed by atoms with Gasteiger partial charge in [-0.3, -0.25) is 0 Å². The summed E-state index contributed by atoms with van der Waals surface area (Å²) in [6, 6.07) is 14.1. The lowest BCUT2D eigenvalue weighted by atomic mass is 10.1. The third-order valence-corrected chi connectivity index (χ3v) is 4.20. The van der Waals surface area contributed by atoms with Gasteiger partial charge in [-0.25, -0.2) is 4.98 Å². The minimum absolute atomic E-state index is 0.0215. The average Bonchev–Trinajstić information content (AvgIpc) is 2.61. The molecule has 26 heavy (non-hydrogen) atoms. The number of methoxy groups -OCH3 is 1. The molecule has 0 aliphatic rings. The van der Waals surface area contributed by atoms with E-state index in [0.717, 1.165) is 22.2 Å². The highest BCUT2D eigenvalue weighted by molar-refractivity contribution is 6.32. The van der Waals surface area contributed by atoms with Crippen LogP contribution in [0.4, 0.5) is 0 Å². The molecule has 0 aliphatic carbocycles. The molecule has 0 spiro atoms. The molecule has 2 aromatic carbocycles. The number of hydrogen-bond acceptors (Lipinski definition) is 3. The third kappa shape index (κ3) is 4.17. The van der Waals surface area contributed by atoms with Crippen LogP contribution in [-0.4, -0.2) is 18.2 Å². The fraction of sp³-hybridized carbons (Fsp3) is 0.227. The summed E-state index contributed by atoms with van der Waals surface area (Å²) in [5.74, 6) is 1.19. The largest absolute Gasteiger partial charge is 0.493 e. The van der Waals surface area contributed by atoms with Gasteiger partial charge in [0.15, 0.2) is 11.5 Å². The van der Waals surface area contributed by atoms with Gasteiger partial charge in [-0.15, -0.1) is 0 Å². The lowest BCUT2D eigenvalue weighted by Crippen LogP contribution is -2.07. The second kappa shape index (κ2) is 7.79. The van der Waals surface area contributed by atoms with Crippen molar-refractivity contribution in [2.75, 3.05) is 7.11 Å². The number of benzene rings is 2. The van der Waals surface area contributed by atoms with Crippen molar-refractivity contribution >= 4 is 34.7 Å². The summed E-state index contributed by atoms with van der Waals surface area (Å²) < 4.78 is 11.2. The Morgan fingerprint density at radius 3 is 2.58 bits per heavy atom. The first-order valence-electron chi connectivity index (χ1n) is 8.56. The Morgan fingerprint density at radius 2 is 1.85 bits per heavy atom. The molecule has 1 heterocycles. The molecule has 0 saturated carbocycles. The lowest BCUT2D eigenvalue weighted by molar-refractivity contribution is 0.230. The molecule has 0 saturated heterocycles. The Balaban J connectivity index is 1.90. The Morgan fingerprint density at radius 1 is 1.04 bits per heavy atom. The van der Waals surface area contributed by atoms with E-state index in [9.17, 15) is 0 Å². The van der Waals surface area contributed by atoms with Crippen LogP contribution in [0, 0.1) is 6.92 Å². The first-order valence-corrected chi connectivity index (χ1v) is 8.94. The maximum atomic E-state index is 6.38. The zero-order valence-electron chi connectivity index (χ0n) is 15.4. The summed E-state index contributed by atoms with van der Waals surface area (Å²) in [6.07, 6.45) is 3.96. The second-order valence-electron chi connectivity index (χ2n) is 6.47. The van der Waals surface area contributed by atoms with Gasteiger partial charge in [0.05, 0.1) is 29.4 Å². The topological polar surface area (TPSA) is 31.4 Å². The molecule has 0 fully saturated rings. The molecule has 3 aromatic rings. The molecular weight excluding hydrogens is 346 g/mol. The summed E-state index contributed by atoms with van der Waals surface area (Å²) in [5.41, 5.74) is 4.02. The number of nitrogens with zero attached hydrogens (tertiary/aromatic N) is 1. The maximum Gasteiger partial charge on any atom is 0.180 e. The minimum atomic E-state index is 0.0215. The molecule has 0 radical (unpaired) electrons. The number of rotatable bonds is 5. The average molecular weight is 368 g/mol. The third-order valence-electron chi connectivity index (χ3n) is 3.92. The number of halogens is 1. The highest BCUT2D eigenvalue weighted by Crippen LogP contribution is 2.37. The van der Waals surface area contributed by atoms with Crippen LogP contribution >= 0.6 is 11.6 Å². The summed E-state index contributed by atoms with van der Waals surface area (Å²) in [5, 5.41) is 1.67. The highest BCUT2D eigenvalue weighted by atomic mass is 35.5. The maximum absolute atomic E-state index is 6.38. The molecule has 0 N–H and O–H groups in total. The fourth-order valence-electron chi connectivity index (χ4n) is 2.72. The highest BCUT2D eigenvalue weighted by Gasteiger charge is 2.12. The van der Waals surface area contributed by atoms with Crippen molar-refractivity contribution in [3.63, 3.8) is 0 Å². The predicted molar refractivity (Wildman–Crippen MR) is 109 cm³/mol. The molecule has 134 valence electrons. The van der Waals surface area contributed by atoms with E-state index in [0.29, 0.717) is 16.5 Å². The van der Waals surface area contributed by atoms with E-state index >= 15 is 0 Å². The molecule has 0 unspecified atom stereocenters. The van der Waals surface area contributed by atoms with E-state index in [1.165, 1.54) is 5.56 Å². The number of ether oxygens (including phenoxy) is 2. The van der Waals surface area contributed by atoms with Crippen LogP contribution < -0.4 is 9.47 Å². The molecular formula is C22H22ClNO2. The van der Waals surface area contributed by atoms with Crippen molar-refractivity contribution in [3.8, 4) is 11.5 Å². The summed E-state index contributed by atoms with van der Waals surface area (Å²) in [4.78, 5) is 4.68. The van der Waals surface area contributed by atoms with Crippen molar-refractivity contribution in [1.29, 1.82) is 0 Å².